The van der Waals surface area contributed by atoms with Crippen LogP contribution in [-0.4, -0.2) is 35.5 Å². The number of carbonyl (C=O) groups is 1. The van der Waals surface area contributed by atoms with E-state index in [9.17, 15) is 9.18 Å². The second-order valence-electron chi connectivity index (χ2n) is 5.58. The Bertz CT molecular complexity index is 648. The number of likely N-dealkylation sites (tertiary alicyclic amines) is 1. The third-order valence-electron chi connectivity index (χ3n) is 3.98. The van der Waals surface area contributed by atoms with E-state index < -0.39 is 5.82 Å². The highest BCUT2D eigenvalue weighted by molar-refractivity contribution is 7.09. The molecule has 23 heavy (non-hydrogen) atoms. The number of amides is 1. The van der Waals surface area contributed by atoms with Crippen molar-refractivity contribution in [3.8, 4) is 5.75 Å². The molecule has 0 radical (unpaired) electrons. The Hall–Kier alpha value is -1.95. The molecular weight excluding hydrogens is 315 g/mol. The van der Waals surface area contributed by atoms with Gasteiger partial charge in [-0.25, -0.2) is 9.37 Å². The zero-order valence-corrected chi connectivity index (χ0v) is 13.6. The number of halogens is 1. The molecule has 0 saturated carbocycles. The maximum absolute atomic E-state index is 13.5. The summed E-state index contributed by atoms with van der Waals surface area (Å²) >= 11 is 1.64. The van der Waals surface area contributed by atoms with Crippen LogP contribution in [0.4, 0.5) is 4.39 Å². The summed E-state index contributed by atoms with van der Waals surface area (Å²) in [5, 5.41) is 3.07. The quantitative estimate of drug-likeness (QED) is 0.841. The van der Waals surface area contributed by atoms with E-state index in [0.29, 0.717) is 12.5 Å². The van der Waals surface area contributed by atoms with E-state index in [-0.39, 0.29) is 24.7 Å². The lowest BCUT2D eigenvalue weighted by Crippen LogP contribution is -2.39. The van der Waals surface area contributed by atoms with Crippen LogP contribution in [0, 0.1) is 5.82 Å². The first-order valence-corrected chi connectivity index (χ1v) is 8.66. The molecule has 2 aromatic rings. The summed E-state index contributed by atoms with van der Waals surface area (Å²) in [6.07, 6.45) is 4.13. The van der Waals surface area contributed by atoms with Crippen LogP contribution in [0.3, 0.4) is 0 Å². The third-order valence-corrected chi connectivity index (χ3v) is 4.92. The standard InChI is InChI=1S/C17H19FN2O2S/c18-14-5-1-2-6-15(14)22-10-7-16(21)20-9-3-4-13(12-20)17-19-8-11-23-17/h1-2,5-6,8,11,13H,3-4,7,9-10,12H2/t13-/m1/s1. The molecule has 1 atom stereocenters. The number of para-hydroxylation sites is 1. The van der Waals surface area contributed by atoms with Gasteiger partial charge >= 0.3 is 0 Å². The molecule has 2 heterocycles. The van der Waals surface area contributed by atoms with E-state index in [1.165, 1.54) is 6.07 Å². The van der Waals surface area contributed by atoms with Gasteiger partial charge in [-0.05, 0) is 25.0 Å². The molecule has 0 aliphatic carbocycles. The van der Waals surface area contributed by atoms with Crippen molar-refractivity contribution in [3.63, 3.8) is 0 Å². The number of piperidine rings is 1. The molecule has 0 N–H and O–H groups in total. The van der Waals surface area contributed by atoms with Gasteiger partial charge in [-0.3, -0.25) is 4.79 Å². The van der Waals surface area contributed by atoms with Crippen molar-refractivity contribution in [2.24, 2.45) is 0 Å². The lowest BCUT2D eigenvalue weighted by atomic mass is 9.98. The predicted molar refractivity (Wildman–Crippen MR) is 87.2 cm³/mol. The Morgan fingerprint density at radius 2 is 2.30 bits per heavy atom. The molecule has 0 spiro atoms. The van der Waals surface area contributed by atoms with E-state index in [4.69, 9.17) is 4.74 Å². The van der Waals surface area contributed by atoms with Crippen LogP contribution in [0.1, 0.15) is 30.2 Å². The van der Waals surface area contributed by atoms with Gasteiger partial charge in [-0.15, -0.1) is 11.3 Å². The second-order valence-corrected chi connectivity index (χ2v) is 6.50. The summed E-state index contributed by atoms with van der Waals surface area (Å²) in [6.45, 7) is 1.69. The van der Waals surface area contributed by atoms with Crippen LogP contribution in [0.25, 0.3) is 0 Å². The summed E-state index contributed by atoms with van der Waals surface area (Å²) in [5.74, 6) is 0.184. The maximum Gasteiger partial charge on any atom is 0.226 e. The van der Waals surface area contributed by atoms with Gasteiger partial charge in [0.2, 0.25) is 5.91 Å². The normalized spacial score (nSPS) is 18.0. The van der Waals surface area contributed by atoms with Crippen molar-refractivity contribution >= 4 is 17.2 Å². The summed E-state index contributed by atoms with van der Waals surface area (Å²) in [4.78, 5) is 18.6. The minimum absolute atomic E-state index is 0.0580. The summed E-state index contributed by atoms with van der Waals surface area (Å²) in [6, 6.07) is 6.24. The van der Waals surface area contributed by atoms with Gasteiger partial charge in [0.1, 0.15) is 0 Å². The van der Waals surface area contributed by atoms with Crippen molar-refractivity contribution in [1.29, 1.82) is 0 Å². The maximum atomic E-state index is 13.5. The SMILES string of the molecule is O=C(CCOc1ccccc1F)N1CCC[C@@H](c2nccs2)C1. The van der Waals surface area contributed by atoms with Crippen molar-refractivity contribution < 1.29 is 13.9 Å². The Kier molecular flexibility index (Phi) is 5.23. The fraction of sp³-hybridized carbons (Fsp3) is 0.412. The van der Waals surface area contributed by atoms with E-state index in [2.05, 4.69) is 4.98 Å². The van der Waals surface area contributed by atoms with E-state index in [1.807, 2.05) is 16.5 Å². The van der Waals surface area contributed by atoms with E-state index in [1.54, 1.807) is 29.5 Å². The largest absolute Gasteiger partial charge is 0.490 e. The number of nitrogens with zero attached hydrogens (tertiary/aromatic N) is 2. The molecule has 1 aromatic carbocycles. The van der Waals surface area contributed by atoms with Crippen molar-refractivity contribution in [1.82, 2.24) is 9.88 Å². The predicted octanol–water partition coefficient (Wildman–Crippen LogP) is 3.46. The summed E-state index contributed by atoms with van der Waals surface area (Å²) in [5.41, 5.74) is 0. The Labute approximate surface area is 138 Å². The van der Waals surface area contributed by atoms with Gasteiger partial charge in [0.05, 0.1) is 18.0 Å². The fourth-order valence-corrected chi connectivity index (χ4v) is 3.58. The van der Waals surface area contributed by atoms with Crippen LogP contribution < -0.4 is 4.74 Å². The monoisotopic (exact) mass is 334 g/mol. The highest BCUT2D eigenvalue weighted by Gasteiger charge is 2.25. The number of aromatic nitrogens is 1. The first-order valence-electron chi connectivity index (χ1n) is 7.78. The van der Waals surface area contributed by atoms with Crippen LogP contribution in [0.15, 0.2) is 35.8 Å². The number of thiazole rings is 1. The third kappa shape index (κ3) is 4.07. The van der Waals surface area contributed by atoms with Gasteiger partial charge in [0.15, 0.2) is 11.6 Å². The molecule has 0 bridgehead atoms. The van der Waals surface area contributed by atoms with Gasteiger partial charge in [0.25, 0.3) is 0 Å². The molecule has 1 aliphatic rings. The van der Waals surface area contributed by atoms with E-state index >= 15 is 0 Å². The van der Waals surface area contributed by atoms with Crippen LogP contribution in [-0.2, 0) is 4.79 Å². The van der Waals surface area contributed by atoms with Gasteiger partial charge in [-0.1, -0.05) is 12.1 Å². The number of benzene rings is 1. The molecule has 1 fully saturated rings. The highest BCUT2D eigenvalue weighted by atomic mass is 32.1. The van der Waals surface area contributed by atoms with Crippen LogP contribution >= 0.6 is 11.3 Å². The Morgan fingerprint density at radius 3 is 3.09 bits per heavy atom. The minimum atomic E-state index is -0.401. The second kappa shape index (κ2) is 7.55. The topological polar surface area (TPSA) is 42.4 Å². The average Bonchev–Trinajstić information content (AvgIpc) is 3.11. The Morgan fingerprint density at radius 1 is 1.43 bits per heavy atom. The number of carbonyl (C=O) groups excluding carboxylic acids is 1. The zero-order chi connectivity index (χ0) is 16.1. The molecule has 1 aromatic heterocycles. The molecule has 4 nitrogen and oxygen atoms in total. The number of rotatable bonds is 5. The average molecular weight is 334 g/mol. The smallest absolute Gasteiger partial charge is 0.226 e. The van der Waals surface area contributed by atoms with Gasteiger partial charge < -0.3 is 9.64 Å². The number of hydrogen-bond donors (Lipinski definition) is 0. The Balaban J connectivity index is 1.49. The molecule has 0 unspecified atom stereocenters. The number of hydrogen-bond acceptors (Lipinski definition) is 4. The molecular formula is C17H19FN2O2S. The minimum Gasteiger partial charge on any atom is -0.490 e. The highest BCUT2D eigenvalue weighted by Crippen LogP contribution is 2.28. The number of ether oxygens (including phenoxy) is 1. The van der Waals surface area contributed by atoms with Gasteiger partial charge in [0, 0.05) is 30.6 Å². The lowest BCUT2D eigenvalue weighted by molar-refractivity contribution is -0.132. The van der Waals surface area contributed by atoms with E-state index in [0.717, 1.165) is 24.4 Å². The summed E-state index contributed by atoms with van der Waals surface area (Å²) in [7, 11) is 0. The molecule has 1 saturated heterocycles. The van der Waals surface area contributed by atoms with Crippen LogP contribution in [0.5, 0.6) is 5.75 Å². The molecule has 6 heteroatoms. The van der Waals surface area contributed by atoms with Crippen molar-refractivity contribution in [3.05, 3.63) is 46.7 Å². The molecule has 1 amide bonds. The van der Waals surface area contributed by atoms with Crippen molar-refractivity contribution in [2.75, 3.05) is 19.7 Å². The lowest BCUT2D eigenvalue weighted by Gasteiger charge is -2.31. The fourth-order valence-electron chi connectivity index (χ4n) is 2.81. The van der Waals surface area contributed by atoms with Gasteiger partial charge in [-0.2, -0.15) is 0 Å². The first-order chi connectivity index (χ1) is 11.2. The molecule has 1 aliphatic heterocycles. The first kappa shape index (κ1) is 15.9. The zero-order valence-electron chi connectivity index (χ0n) is 12.8. The van der Waals surface area contributed by atoms with Crippen LogP contribution in [0.2, 0.25) is 0 Å². The molecule has 3 rings (SSSR count). The van der Waals surface area contributed by atoms with Crippen molar-refractivity contribution in [2.45, 2.75) is 25.2 Å². The molecule has 122 valence electrons. The summed E-state index contributed by atoms with van der Waals surface area (Å²) < 4.78 is 18.8.